The van der Waals surface area contributed by atoms with Crippen molar-refractivity contribution in [2.45, 2.75) is 81.1 Å². The molecule has 7 heterocycles. The molecular formula is C56H54N8. The Bertz CT molecular complexity index is 2980. The fourth-order valence-corrected chi connectivity index (χ4v) is 9.49. The summed E-state index contributed by atoms with van der Waals surface area (Å²) in [6.07, 6.45) is 10.6. The number of benzene rings is 2. The van der Waals surface area contributed by atoms with Crippen LogP contribution < -0.4 is 0 Å². The maximum Gasteiger partial charge on any atom is 0.0812 e. The van der Waals surface area contributed by atoms with Crippen molar-refractivity contribution >= 4 is 68.2 Å². The van der Waals surface area contributed by atoms with Crippen molar-refractivity contribution in [2.24, 2.45) is 9.98 Å². The molecule has 0 saturated carbocycles. The molecule has 8 bridgehead atoms. The monoisotopic (exact) mass is 838 g/mol. The molecule has 0 radical (unpaired) electrons. The molecule has 7 aromatic rings. The summed E-state index contributed by atoms with van der Waals surface area (Å²) in [6.45, 7) is 17.9. The van der Waals surface area contributed by atoms with Crippen molar-refractivity contribution in [3.05, 3.63) is 166 Å². The van der Waals surface area contributed by atoms with Gasteiger partial charge in [-0.2, -0.15) is 0 Å². The van der Waals surface area contributed by atoms with Gasteiger partial charge in [0.1, 0.15) is 0 Å². The average Bonchev–Trinajstić information content (AvgIpc) is 4.01. The van der Waals surface area contributed by atoms with E-state index in [0.717, 1.165) is 116 Å². The molecule has 2 N–H and O–H groups in total. The molecule has 318 valence electrons. The van der Waals surface area contributed by atoms with Gasteiger partial charge in [0.25, 0.3) is 0 Å². The van der Waals surface area contributed by atoms with Crippen molar-refractivity contribution < 1.29 is 0 Å². The first-order chi connectivity index (χ1) is 31.2. The lowest BCUT2D eigenvalue weighted by molar-refractivity contribution is 1.14. The first kappa shape index (κ1) is 42.0. The second-order valence-corrected chi connectivity index (χ2v) is 16.5. The van der Waals surface area contributed by atoms with E-state index in [1.165, 1.54) is 44.5 Å². The summed E-state index contributed by atoms with van der Waals surface area (Å²) in [6, 6.07) is 33.3. The summed E-state index contributed by atoms with van der Waals surface area (Å²) in [5.74, 6) is 0. The summed E-state index contributed by atoms with van der Waals surface area (Å²) in [5, 5.41) is 0. The van der Waals surface area contributed by atoms with Gasteiger partial charge in [0, 0.05) is 34.6 Å². The number of hydrogen-bond acceptors (Lipinski definition) is 6. The highest BCUT2D eigenvalue weighted by Gasteiger charge is 2.25. The van der Waals surface area contributed by atoms with Crippen molar-refractivity contribution in [3.8, 4) is 22.3 Å². The van der Waals surface area contributed by atoms with Gasteiger partial charge in [-0.15, -0.1) is 0 Å². The number of nitrogens with zero attached hydrogens (tertiary/aromatic N) is 6. The van der Waals surface area contributed by atoms with Gasteiger partial charge in [-0.05, 0) is 170 Å². The summed E-state index contributed by atoms with van der Waals surface area (Å²) in [4.78, 5) is 37.5. The van der Waals surface area contributed by atoms with Gasteiger partial charge in [0.2, 0.25) is 0 Å². The SMILES string of the molecule is CCC1=C(C)c2nc1cc1[nH]c(c(C)c1CC)c(-c1ccc(N=Cc3ccccn3)cc1)c1nc(cc3[nH]c(c(C)c3CC)c2-c2ccc(N=Cc3ccccn3)cc2)C(CC)=C1C. The van der Waals surface area contributed by atoms with Gasteiger partial charge >= 0.3 is 0 Å². The van der Waals surface area contributed by atoms with Crippen LogP contribution in [0.25, 0.3) is 66.6 Å². The van der Waals surface area contributed by atoms with Crippen molar-refractivity contribution in [1.82, 2.24) is 29.9 Å². The Kier molecular flexibility index (Phi) is 11.7. The third-order valence-corrected chi connectivity index (χ3v) is 12.9. The van der Waals surface area contributed by atoms with E-state index in [1.54, 1.807) is 12.4 Å². The van der Waals surface area contributed by atoms with Crippen LogP contribution in [0.5, 0.6) is 0 Å². The molecule has 8 heteroatoms. The fraction of sp³-hybridized carbons (Fsp3) is 0.214. The highest BCUT2D eigenvalue weighted by Crippen LogP contribution is 2.44. The topological polar surface area (TPSA) is 108 Å². The van der Waals surface area contributed by atoms with Crippen LogP contribution in [0.2, 0.25) is 0 Å². The number of pyridine rings is 2. The van der Waals surface area contributed by atoms with Crippen molar-refractivity contribution in [3.63, 3.8) is 0 Å². The molecule has 0 atom stereocenters. The number of fused-ring (bicyclic) bond motifs is 8. The zero-order chi connectivity index (χ0) is 44.5. The van der Waals surface area contributed by atoms with E-state index < -0.39 is 0 Å². The Morgan fingerprint density at radius 2 is 0.906 bits per heavy atom. The molecule has 8 nitrogen and oxygen atoms in total. The molecule has 0 saturated heterocycles. The number of rotatable bonds is 10. The molecule has 0 unspecified atom stereocenters. The van der Waals surface area contributed by atoms with E-state index in [2.05, 4.69) is 136 Å². The fourth-order valence-electron chi connectivity index (χ4n) is 9.49. The van der Waals surface area contributed by atoms with Crippen LogP contribution in [0.15, 0.2) is 119 Å². The number of hydrogen-bond donors (Lipinski definition) is 2. The smallest absolute Gasteiger partial charge is 0.0812 e. The van der Waals surface area contributed by atoms with Crippen LogP contribution in [-0.2, 0) is 12.8 Å². The van der Waals surface area contributed by atoms with E-state index in [0.29, 0.717) is 0 Å². The molecule has 64 heavy (non-hydrogen) atoms. The number of H-pyrrole nitrogens is 2. The molecule has 0 fully saturated rings. The Morgan fingerprint density at radius 1 is 0.500 bits per heavy atom. The van der Waals surface area contributed by atoms with Gasteiger partial charge < -0.3 is 9.97 Å². The lowest BCUT2D eigenvalue weighted by Crippen LogP contribution is -1.90. The summed E-state index contributed by atoms with van der Waals surface area (Å²) >= 11 is 0. The van der Waals surface area contributed by atoms with Crippen LogP contribution >= 0.6 is 0 Å². The number of nitrogens with one attached hydrogen (secondary N) is 2. The van der Waals surface area contributed by atoms with Crippen LogP contribution in [-0.4, -0.2) is 42.3 Å². The third-order valence-electron chi connectivity index (χ3n) is 12.9. The zero-order valence-corrected chi connectivity index (χ0v) is 38.1. The minimum Gasteiger partial charge on any atom is -0.354 e. The Balaban J connectivity index is 1.34. The lowest BCUT2D eigenvalue weighted by Gasteiger charge is -2.09. The molecule has 5 aromatic heterocycles. The lowest BCUT2D eigenvalue weighted by atomic mass is 9.95. The number of aromatic amines is 2. The van der Waals surface area contributed by atoms with E-state index in [9.17, 15) is 0 Å². The second-order valence-electron chi connectivity index (χ2n) is 16.5. The molecule has 0 spiro atoms. The largest absolute Gasteiger partial charge is 0.354 e. The number of aryl methyl sites for hydroxylation is 4. The molecular weight excluding hydrogens is 785 g/mol. The predicted octanol–water partition coefficient (Wildman–Crippen LogP) is 14.4. The van der Waals surface area contributed by atoms with Gasteiger partial charge in [0.15, 0.2) is 0 Å². The quantitative estimate of drug-likeness (QED) is 0.134. The standard InChI is InChI=1S/C56H54N8/c1-9-43-33(5)53-51(37-19-23-39(24-20-37)59-31-41-17-13-15-27-57-41)54-35(7)45(11-3)49(63-54)30-50-46(12-4)36(8)56(64-50)52(55-34(6)44(10-2)48(62-55)29-47(43)61-53)38-21-25-40(26-22-38)60-32-42-18-14-16-28-58-42/h13-32,61,64H,9-12H2,1-8H3. The van der Waals surface area contributed by atoms with E-state index in [1.807, 2.05) is 48.8 Å². The van der Waals surface area contributed by atoms with Gasteiger partial charge in [-0.1, -0.05) is 64.1 Å². The minimum absolute atomic E-state index is 0.818. The van der Waals surface area contributed by atoms with Crippen LogP contribution in [0, 0.1) is 13.8 Å². The second kappa shape index (κ2) is 17.8. The molecule has 2 aromatic carbocycles. The van der Waals surface area contributed by atoms with Gasteiger partial charge in [0.05, 0.1) is 69.0 Å². The minimum atomic E-state index is 0.818. The van der Waals surface area contributed by atoms with Gasteiger partial charge in [-0.25, -0.2) is 9.97 Å². The number of aromatic nitrogens is 6. The maximum atomic E-state index is 5.60. The first-order valence-electron chi connectivity index (χ1n) is 22.5. The molecule has 2 aliphatic rings. The Morgan fingerprint density at radius 3 is 1.25 bits per heavy atom. The molecule has 0 aliphatic carbocycles. The highest BCUT2D eigenvalue weighted by molar-refractivity contribution is 6.03. The average molecular weight is 839 g/mol. The van der Waals surface area contributed by atoms with Crippen LogP contribution in [0.4, 0.5) is 11.4 Å². The number of allylic oxidation sites excluding steroid dienone is 4. The normalized spacial score (nSPS) is 13.0. The van der Waals surface area contributed by atoms with Crippen molar-refractivity contribution in [1.29, 1.82) is 0 Å². The predicted molar refractivity (Wildman–Crippen MR) is 269 cm³/mol. The zero-order valence-electron chi connectivity index (χ0n) is 38.1. The Hall–Kier alpha value is -7.32. The molecule has 0 amide bonds. The van der Waals surface area contributed by atoms with E-state index >= 15 is 0 Å². The maximum absolute atomic E-state index is 5.60. The van der Waals surface area contributed by atoms with Gasteiger partial charge in [-0.3, -0.25) is 20.0 Å². The van der Waals surface area contributed by atoms with E-state index in [4.69, 9.17) is 20.0 Å². The summed E-state index contributed by atoms with van der Waals surface area (Å²) in [5.41, 5.74) is 25.7. The first-order valence-corrected chi connectivity index (χ1v) is 22.5. The molecule has 9 rings (SSSR count). The highest BCUT2D eigenvalue weighted by atomic mass is 14.8. The molecule has 2 aliphatic heterocycles. The number of aliphatic imine (C=N–C) groups is 2. The summed E-state index contributed by atoms with van der Waals surface area (Å²) < 4.78 is 0. The van der Waals surface area contributed by atoms with Crippen LogP contribution in [0.3, 0.4) is 0 Å². The Labute approximate surface area is 375 Å². The summed E-state index contributed by atoms with van der Waals surface area (Å²) in [7, 11) is 0. The van der Waals surface area contributed by atoms with Crippen LogP contribution in [0.1, 0.15) is 111 Å². The van der Waals surface area contributed by atoms with Crippen molar-refractivity contribution in [2.75, 3.05) is 0 Å². The van der Waals surface area contributed by atoms with E-state index in [-0.39, 0.29) is 0 Å². The third kappa shape index (κ3) is 7.74.